The molecule has 1 aromatic carbocycles. The molecule has 1 nitrogen and oxygen atoms in total. The Labute approximate surface area is 81.8 Å². The van der Waals surface area contributed by atoms with Crippen LogP contribution in [-0.2, 0) is 0 Å². The summed E-state index contributed by atoms with van der Waals surface area (Å²) >= 11 is 4.79. The Kier molecular flexibility index (Phi) is 1.98. The quantitative estimate of drug-likeness (QED) is 0.692. The van der Waals surface area contributed by atoms with Crippen molar-refractivity contribution in [2.24, 2.45) is 0 Å². The number of benzene rings is 1. The molecule has 0 atom stereocenters. The molecule has 2 rings (SSSR count). The van der Waals surface area contributed by atoms with E-state index in [4.69, 9.17) is 0 Å². The van der Waals surface area contributed by atoms with E-state index < -0.39 is 0 Å². The minimum Gasteiger partial charge on any atom is -0.288 e. The second kappa shape index (κ2) is 2.99. The van der Waals surface area contributed by atoms with Crippen molar-refractivity contribution in [3.8, 4) is 0 Å². The Morgan fingerprint density at radius 2 is 2.00 bits per heavy atom. The van der Waals surface area contributed by atoms with Crippen LogP contribution in [0.2, 0.25) is 0 Å². The summed E-state index contributed by atoms with van der Waals surface area (Å²) in [6.07, 6.45) is 0. The van der Waals surface area contributed by atoms with E-state index in [0.29, 0.717) is 4.47 Å². The van der Waals surface area contributed by atoms with Crippen molar-refractivity contribution in [1.82, 2.24) is 0 Å². The molecule has 0 aliphatic carbocycles. The summed E-state index contributed by atoms with van der Waals surface area (Å²) < 4.78 is 1.68. The van der Waals surface area contributed by atoms with Crippen molar-refractivity contribution in [2.45, 2.75) is 0 Å². The van der Waals surface area contributed by atoms with E-state index in [1.807, 2.05) is 29.6 Å². The number of hydrogen-bond acceptors (Lipinski definition) is 2. The van der Waals surface area contributed by atoms with Crippen molar-refractivity contribution in [3.05, 3.63) is 44.3 Å². The van der Waals surface area contributed by atoms with Gasteiger partial charge in [-0.15, -0.1) is 11.3 Å². The van der Waals surface area contributed by atoms with Gasteiger partial charge in [0.25, 0.3) is 0 Å². The molecule has 0 fully saturated rings. The van der Waals surface area contributed by atoms with Gasteiger partial charge in [0.2, 0.25) is 5.43 Å². The predicted octanol–water partition coefficient (Wildman–Crippen LogP) is 3.02. The second-order valence-electron chi connectivity index (χ2n) is 2.41. The first-order valence-electron chi connectivity index (χ1n) is 3.45. The lowest BCUT2D eigenvalue weighted by Gasteiger charge is -1.94. The first-order valence-corrected chi connectivity index (χ1v) is 5.12. The molecular weight excluding hydrogens is 236 g/mol. The molecule has 0 bridgehead atoms. The molecule has 0 radical (unpaired) electrons. The maximum absolute atomic E-state index is 11.5. The van der Waals surface area contributed by atoms with Gasteiger partial charge in [-0.1, -0.05) is 12.1 Å². The van der Waals surface area contributed by atoms with Crippen LogP contribution in [0.3, 0.4) is 0 Å². The first-order chi connectivity index (χ1) is 5.79. The average molecular weight is 241 g/mol. The lowest BCUT2D eigenvalue weighted by atomic mass is 10.2. The van der Waals surface area contributed by atoms with Crippen LogP contribution in [-0.4, -0.2) is 0 Å². The van der Waals surface area contributed by atoms with E-state index in [1.54, 1.807) is 11.3 Å². The van der Waals surface area contributed by atoms with Gasteiger partial charge in [0, 0.05) is 15.5 Å². The fourth-order valence-electron chi connectivity index (χ4n) is 1.05. The highest BCUT2D eigenvalue weighted by atomic mass is 79.9. The molecule has 60 valence electrons. The van der Waals surface area contributed by atoms with Gasteiger partial charge in [-0.3, -0.25) is 4.79 Å². The predicted molar refractivity (Wildman–Crippen MR) is 55.8 cm³/mol. The van der Waals surface area contributed by atoms with E-state index in [1.165, 1.54) is 0 Å². The first kappa shape index (κ1) is 7.95. The number of fused-ring (bicyclic) bond motifs is 1. The molecular formula is C9H5BrOS. The lowest BCUT2D eigenvalue weighted by Crippen LogP contribution is -1.99. The fourth-order valence-corrected chi connectivity index (χ4v) is 2.33. The Hall–Kier alpha value is -0.670. The lowest BCUT2D eigenvalue weighted by molar-refractivity contribution is 1.66. The molecule has 12 heavy (non-hydrogen) atoms. The van der Waals surface area contributed by atoms with E-state index >= 15 is 0 Å². The van der Waals surface area contributed by atoms with Crippen LogP contribution in [0.25, 0.3) is 10.1 Å². The molecule has 0 unspecified atom stereocenters. The van der Waals surface area contributed by atoms with Gasteiger partial charge >= 0.3 is 0 Å². The van der Waals surface area contributed by atoms with Crippen molar-refractivity contribution < 1.29 is 0 Å². The zero-order valence-corrected chi connectivity index (χ0v) is 8.48. The van der Waals surface area contributed by atoms with E-state index in [2.05, 4.69) is 15.9 Å². The summed E-state index contributed by atoms with van der Waals surface area (Å²) in [5.41, 5.74) is 0.0735. The maximum Gasteiger partial charge on any atom is 0.202 e. The van der Waals surface area contributed by atoms with E-state index in [-0.39, 0.29) is 5.43 Å². The van der Waals surface area contributed by atoms with Gasteiger partial charge in [0.15, 0.2) is 0 Å². The summed E-state index contributed by atoms with van der Waals surface area (Å²) in [4.78, 5) is 11.5. The molecule has 0 aliphatic heterocycles. The second-order valence-corrected chi connectivity index (χ2v) is 4.17. The molecule has 0 aliphatic rings. The standard InChI is InChI=1S/C9H5BrOS/c10-7-5-12-8-4-2-1-3-6(8)9(7)11/h1-5H. The molecule has 3 heteroatoms. The highest BCUT2D eigenvalue weighted by Gasteiger charge is 2.00. The molecule has 0 amide bonds. The van der Waals surface area contributed by atoms with Crippen LogP contribution >= 0.6 is 27.3 Å². The Morgan fingerprint density at radius 3 is 2.83 bits per heavy atom. The molecule has 0 N–H and O–H groups in total. The number of rotatable bonds is 0. The fraction of sp³-hybridized carbons (Fsp3) is 0. The average Bonchev–Trinajstić information content (AvgIpc) is 2.12. The van der Waals surface area contributed by atoms with Crippen LogP contribution in [0.1, 0.15) is 0 Å². The summed E-state index contributed by atoms with van der Waals surface area (Å²) in [7, 11) is 0. The normalized spacial score (nSPS) is 10.4. The highest BCUT2D eigenvalue weighted by Crippen LogP contribution is 2.18. The number of hydrogen-bond donors (Lipinski definition) is 0. The van der Waals surface area contributed by atoms with E-state index in [9.17, 15) is 4.79 Å². The Balaban J connectivity index is 3.01. The topological polar surface area (TPSA) is 17.1 Å². The van der Waals surface area contributed by atoms with Crippen LogP contribution in [0.4, 0.5) is 0 Å². The van der Waals surface area contributed by atoms with Gasteiger partial charge in [-0.2, -0.15) is 0 Å². The highest BCUT2D eigenvalue weighted by molar-refractivity contribution is 9.10. The van der Waals surface area contributed by atoms with Gasteiger partial charge in [-0.05, 0) is 28.1 Å². The van der Waals surface area contributed by atoms with Crippen LogP contribution < -0.4 is 5.43 Å². The summed E-state index contributed by atoms with van der Waals surface area (Å²) in [5, 5.41) is 2.61. The van der Waals surface area contributed by atoms with Crippen molar-refractivity contribution >= 4 is 37.4 Å². The van der Waals surface area contributed by atoms with Crippen LogP contribution in [0, 0.1) is 0 Å². The summed E-state index contributed by atoms with van der Waals surface area (Å²) in [6, 6.07) is 7.61. The summed E-state index contributed by atoms with van der Waals surface area (Å²) in [6.45, 7) is 0. The van der Waals surface area contributed by atoms with Crippen molar-refractivity contribution in [2.75, 3.05) is 0 Å². The summed E-state index contributed by atoms with van der Waals surface area (Å²) in [5.74, 6) is 0. The molecule has 2 aromatic rings. The Bertz CT molecular complexity index is 475. The van der Waals surface area contributed by atoms with Gasteiger partial charge in [-0.25, -0.2) is 0 Å². The maximum atomic E-state index is 11.5. The monoisotopic (exact) mass is 240 g/mol. The van der Waals surface area contributed by atoms with Gasteiger partial charge in [0.05, 0.1) is 4.47 Å². The van der Waals surface area contributed by atoms with Crippen LogP contribution in [0.5, 0.6) is 0 Å². The molecule has 0 saturated carbocycles. The molecule has 0 saturated heterocycles. The molecule has 1 heterocycles. The third-order valence-electron chi connectivity index (χ3n) is 1.64. The third-order valence-corrected chi connectivity index (χ3v) is 3.49. The zero-order valence-electron chi connectivity index (χ0n) is 6.08. The third kappa shape index (κ3) is 1.19. The van der Waals surface area contributed by atoms with Gasteiger partial charge < -0.3 is 0 Å². The minimum absolute atomic E-state index is 0.0735. The SMILES string of the molecule is O=c1c(Br)csc2ccccc12. The Morgan fingerprint density at radius 1 is 1.25 bits per heavy atom. The van der Waals surface area contributed by atoms with E-state index in [0.717, 1.165) is 10.1 Å². The number of halogens is 1. The van der Waals surface area contributed by atoms with Crippen molar-refractivity contribution in [1.29, 1.82) is 0 Å². The smallest absolute Gasteiger partial charge is 0.202 e. The van der Waals surface area contributed by atoms with Crippen LogP contribution in [0.15, 0.2) is 38.9 Å². The molecule has 1 aromatic heterocycles. The van der Waals surface area contributed by atoms with Gasteiger partial charge in [0.1, 0.15) is 0 Å². The van der Waals surface area contributed by atoms with Crippen molar-refractivity contribution in [3.63, 3.8) is 0 Å². The minimum atomic E-state index is 0.0735. The zero-order chi connectivity index (χ0) is 8.55. The largest absolute Gasteiger partial charge is 0.288 e. The molecule has 0 spiro atoms.